The van der Waals surface area contributed by atoms with Gasteiger partial charge in [-0.3, -0.25) is 14.5 Å². The normalized spacial score (nSPS) is 16.6. The summed E-state index contributed by atoms with van der Waals surface area (Å²) in [4.78, 5) is 38.6. The van der Waals surface area contributed by atoms with Crippen LogP contribution in [0.5, 0.6) is 0 Å². The summed E-state index contributed by atoms with van der Waals surface area (Å²) in [7, 11) is 0. The van der Waals surface area contributed by atoms with Crippen LogP contribution in [0.2, 0.25) is 0 Å². The second-order valence-corrected chi connectivity index (χ2v) is 11.4. The topological polar surface area (TPSA) is 83.4 Å². The molecule has 4 aromatic rings. The lowest BCUT2D eigenvalue weighted by Crippen LogP contribution is -2.30. The largest absolute Gasteiger partial charge is 0.503 e. The maximum Gasteiger partial charge on any atom is 0.296 e. The van der Waals surface area contributed by atoms with E-state index < -0.39 is 17.7 Å². The number of aliphatic hydroxyl groups is 1. The third kappa shape index (κ3) is 3.60. The van der Waals surface area contributed by atoms with E-state index in [1.54, 1.807) is 6.92 Å². The van der Waals surface area contributed by atoms with Gasteiger partial charge < -0.3 is 5.11 Å². The summed E-state index contributed by atoms with van der Waals surface area (Å²) < 4.78 is 0.960. The molecule has 1 unspecified atom stereocenters. The van der Waals surface area contributed by atoms with Gasteiger partial charge in [0.05, 0.1) is 31.4 Å². The number of hydrogen-bond acceptors (Lipinski definition) is 8. The van der Waals surface area contributed by atoms with Gasteiger partial charge in [-0.05, 0) is 48.9 Å². The molecule has 0 saturated carbocycles. The predicted molar refractivity (Wildman–Crippen MR) is 134 cm³/mol. The molecule has 0 aliphatic carbocycles. The molecule has 1 atom stereocenters. The van der Waals surface area contributed by atoms with Crippen molar-refractivity contribution in [1.82, 2.24) is 9.97 Å². The Morgan fingerprint density at radius 1 is 1.15 bits per heavy atom. The molecule has 0 bridgehead atoms. The zero-order chi connectivity index (χ0) is 23.4. The van der Waals surface area contributed by atoms with Crippen LogP contribution in [0.15, 0.2) is 47.0 Å². The van der Waals surface area contributed by atoms with Crippen molar-refractivity contribution in [3.8, 4) is 0 Å². The highest BCUT2D eigenvalue weighted by molar-refractivity contribution is 7.22. The van der Waals surface area contributed by atoms with Gasteiger partial charge in [-0.25, -0.2) is 9.97 Å². The van der Waals surface area contributed by atoms with Crippen LogP contribution in [0.4, 0.5) is 5.13 Å². The summed E-state index contributed by atoms with van der Waals surface area (Å²) in [6.07, 6.45) is 0. The Morgan fingerprint density at radius 3 is 2.58 bits per heavy atom. The van der Waals surface area contributed by atoms with Crippen LogP contribution in [-0.2, 0) is 4.79 Å². The van der Waals surface area contributed by atoms with E-state index in [0.29, 0.717) is 21.6 Å². The van der Waals surface area contributed by atoms with Crippen LogP contribution < -0.4 is 4.90 Å². The van der Waals surface area contributed by atoms with E-state index in [-0.39, 0.29) is 11.4 Å². The fourth-order valence-electron chi connectivity index (χ4n) is 4.01. The van der Waals surface area contributed by atoms with Gasteiger partial charge >= 0.3 is 0 Å². The number of carbonyl (C=O) groups excluding carboxylic acids is 2. The van der Waals surface area contributed by atoms with Crippen LogP contribution in [-0.4, -0.2) is 26.8 Å². The molecular weight excluding hydrogens is 474 g/mol. The number of rotatable bonds is 5. The quantitative estimate of drug-likeness (QED) is 0.327. The average molecular weight is 496 g/mol. The number of fused-ring (bicyclic) bond motifs is 1. The van der Waals surface area contributed by atoms with Gasteiger partial charge in [0.2, 0.25) is 5.78 Å². The fraction of sp³-hybridized carbons (Fsp3) is 0.250. The van der Waals surface area contributed by atoms with E-state index in [0.717, 1.165) is 20.1 Å². The minimum atomic E-state index is -0.739. The van der Waals surface area contributed by atoms with E-state index in [4.69, 9.17) is 4.98 Å². The molecule has 9 heteroatoms. The zero-order valence-corrected chi connectivity index (χ0v) is 20.9. The van der Waals surface area contributed by atoms with Crippen molar-refractivity contribution in [2.24, 2.45) is 0 Å². The maximum absolute atomic E-state index is 13.6. The van der Waals surface area contributed by atoms with Gasteiger partial charge in [0.1, 0.15) is 6.04 Å². The van der Waals surface area contributed by atoms with Crippen LogP contribution >= 0.6 is 34.0 Å². The molecule has 1 aliphatic rings. The molecule has 0 saturated heterocycles. The Balaban J connectivity index is 1.64. The Hall–Kier alpha value is -2.88. The van der Waals surface area contributed by atoms with Crippen LogP contribution in [0.1, 0.15) is 56.6 Å². The first kappa shape index (κ1) is 21.9. The summed E-state index contributed by atoms with van der Waals surface area (Å²) in [5.41, 5.74) is 2.65. The molecule has 1 N–H and O–H groups in total. The molecule has 33 heavy (non-hydrogen) atoms. The molecule has 0 spiro atoms. The molecule has 4 heterocycles. The number of amides is 1. The molecule has 168 valence electrons. The van der Waals surface area contributed by atoms with Gasteiger partial charge in [0.15, 0.2) is 10.9 Å². The van der Waals surface area contributed by atoms with Crippen molar-refractivity contribution >= 4 is 61.0 Å². The Morgan fingerprint density at radius 2 is 1.94 bits per heavy atom. The maximum atomic E-state index is 13.6. The molecule has 0 radical (unpaired) electrons. The fourth-order valence-corrected chi connectivity index (χ4v) is 6.74. The monoisotopic (exact) mass is 495 g/mol. The number of Topliss-reactive ketones (excluding diaryl/α,β-unsaturated/α-hetero) is 1. The number of aromatic nitrogens is 2. The molecule has 0 fully saturated rings. The Bertz CT molecular complexity index is 1430. The van der Waals surface area contributed by atoms with E-state index >= 15 is 0 Å². The number of ketones is 1. The molecule has 5 rings (SSSR count). The molecule has 6 nitrogen and oxygen atoms in total. The number of hydrogen-bond donors (Lipinski definition) is 1. The van der Waals surface area contributed by atoms with Gasteiger partial charge in [-0.2, -0.15) is 0 Å². The Kier molecular flexibility index (Phi) is 5.43. The van der Waals surface area contributed by atoms with Gasteiger partial charge in [-0.15, -0.1) is 22.7 Å². The van der Waals surface area contributed by atoms with Crippen molar-refractivity contribution in [2.45, 2.75) is 39.7 Å². The van der Waals surface area contributed by atoms with Crippen LogP contribution in [0.3, 0.4) is 0 Å². The minimum absolute atomic E-state index is 0.0799. The third-order valence-corrected chi connectivity index (χ3v) is 8.66. The summed E-state index contributed by atoms with van der Waals surface area (Å²) in [5, 5.41) is 14.0. The Labute approximate surface area is 202 Å². The SMILES string of the molecule is Cc1nc(C)c(C(=O)C2=C(O)C(=O)N(c3nc4ccc(C(C)C)cc4s3)C2c2cccs2)s1. The first-order valence-electron chi connectivity index (χ1n) is 10.5. The summed E-state index contributed by atoms with van der Waals surface area (Å²) in [6, 6.07) is 9.08. The van der Waals surface area contributed by atoms with Crippen molar-refractivity contribution in [3.63, 3.8) is 0 Å². The van der Waals surface area contributed by atoms with Gasteiger partial charge in [-0.1, -0.05) is 37.3 Å². The smallest absolute Gasteiger partial charge is 0.296 e. The first-order valence-corrected chi connectivity index (χ1v) is 13.0. The lowest BCUT2D eigenvalue weighted by Gasteiger charge is -2.22. The van der Waals surface area contributed by atoms with E-state index in [9.17, 15) is 14.7 Å². The molecule has 1 aliphatic heterocycles. The number of benzene rings is 1. The average Bonchev–Trinajstić information content (AvgIpc) is 3.54. The van der Waals surface area contributed by atoms with Crippen LogP contribution in [0, 0.1) is 13.8 Å². The van der Waals surface area contributed by atoms with Crippen molar-refractivity contribution in [1.29, 1.82) is 0 Å². The first-order chi connectivity index (χ1) is 15.8. The summed E-state index contributed by atoms with van der Waals surface area (Å²) in [6.45, 7) is 7.85. The van der Waals surface area contributed by atoms with Crippen molar-refractivity contribution in [3.05, 3.63) is 73.1 Å². The van der Waals surface area contributed by atoms with E-state index in [1.807, 2.05) is 36.6 Å². The predicted octanol–water partition coefficient (Wildman–Crippen LogP) is 6.34. The lowest BCUT2D eigenvalue weighted by molar-refractivity contribution is -0.117. The van der Waals surface area contributed by atoms with E-state index in [2.05, 4.69) is 24.9 Å². The highest BCUT2D eigenvalue weighted by Gasteiger charge is 2.47. The highest BCUT2D eigenvalue weighted by Crippen LogP contribution is 2.46. The lowest BCUT2D eigenvalue weighted by atomic mass is 10.0. The standard InChI is InChI=1S/C24H21N3O3S3/c1-11(2)14-7-8-15-17(10-14)33-24(26-15)27-19(16-6-5-9-31-16)18(21(29)23(27)30)20(28)22-12(3)25-13(4)32-22/h5-11,19,29H,1-4H3. The van der Waals surface area contributed by atoms with Gasteiger partial charge in [0, 0.05) is 4.88 Å². The molecule has 3 aromatic heterocycles. The number of anilines is 1. The summed E-state index contributed by atoms with van der Waals surface area (Å²) in [5.74, 6) is -1.13. The number of carbonyl (C=O) groups is 2. The van der Waals surface area contributed by atoms with Gasteiger partial charge in [0.25, 0.3) is 5.91 Å². The van der Waals surface area contributed by atoms with Crippen molar-refractivity contribution < 1.29 is 14.7 Å². The molecule has 1 amide bonds. The molecular formula is C24H21N3O3S3. The van der Waals surface area contributed by atoms with Crippen molar-refractivity contribution in [2.75, 3.05) is 4.90 Å². The number of thiazole rings is 2. The van der Waals surface area contributed by atoms with Crippen LogP contribution in [0.25, 0.3) is 10.2 Å². The number of thiophene rings is 1. The number of aryl methyl sites for hydroxylation is 2. The minimum Gasteiger partial charge on any atom is -0.503 e. The second-order valence-electron chi connectivity index (χ2n) is 8.21. The zero-order valence-electron chi connectivity index (χ0n) is 18.4. The highest BCUT2D eigenvalue weighted by atomic mass is 32.1. The summed E-state index contributed by atoms with van der Waals surface area (Å²) >= 11 is 4.10. The third-order valence-electron chi connectivity index (χ3n) is 5.65. The number of nitrogens with zero attached hydrogens (tertiary/aromatic N) is 3. The molecule has 1 aromatic carbocycles. The second kappa shape index (κ2) is 8.16. The number of aliphatic hydroxyl groups excluding tert-OH is 1. The van der Waals surface area contributed by atoms with E-state index in [1.165, 1.54) is 44.5 Å².